The quantitative estimate of drug-likeness (QED) is 0.637. The Morgan fingerprint density at radius 1 is 1.30 bits per heavy atom. The fourth-order valence-corrected chi connectivity index (χ4v) is 3.09. The van der Waals surface area contributed by atoms with Crippen LogP contribution in [-0.4, -0.2) is 43.0 Å². The molecule has 3 N–H and O–H groups in total. The molecule has 0 aromatic carbocycles. The Balaban J connectivity index is 2.02. The largest absolute Gasteiger partial charge is 0.356 e. The van der Waals surface area contributed by atoms with Crippen molar-refractivity contribution in [3.05, 3.63) is 0 Å². The lowest BCUT2D eigenvalue weighted by Gasteiger charge is -2.26. The zero-order valence-corrected chi connectivity index (χ0v) is 13.4. The van der Waals surface area contributed by atoms with E-state index in [0.717, 1.165) is 51.9 Å². The standard InChI is InChI=1S/C16H33N3O/c1-3-19(4-2)12-6-11-18-16(20)10-9-14-7-5-8-15(17)13-14/h14-15H,3-13,17H2,1-2H3,(H,18,20). The summed E-state index contributed by atoms with van der Waals surface area (Å²) in [6.45, 7) is 8.41. The topological polar surface area (TPSA) is 58.4 Å². The van der Waals surface area contributed by atoms with Crippen molar-refractivity contribution in [3.63, 3.8) is 0 Å². The smallest absolute Gasteiger partial charge is 0.220 e. The van der Waals surface area contributed by atoms with E-state index < -0.39 is 0 Å². The zero-order chi connectivity index (χ0) is 14.8. The Hall–Kier alpha value is -0.610. The van der Waals surface area contributed by atoms with Crippen molar-refractivity contribution in [1.82, 2.24) is 10.2 Å². The second-order valence-corrected chi connectivity index (χ2v) is 6.06. The number of nitrogens with one attached hydrogen (secondary N) is 1. The van der Waals surface area contributed by atoms with Crippen LogP contribution in [0.1, 0.15) is 58.8 Å². The van der Waals surface area contributed by atoms with Gasteiger partial charge in [0.05, 0.1) is 0 Å². The summed E-state index contributed by atoms with van der Waals surface area (Å²) in [6.07, 6.45) is 7.48. The molecule has 4 heteroatoms. The van der Waals surface area contributed by atoms with Crippen LogP contribution in [0.15, 0.2) is 0 Å². The molecule has 1 amide bonds. The molecule has 0 radical (unpaired) electrons. The average Bonchev–Trinajstić information content (AvgIpc) is 2.45. The number of carbonyl (C=O) groups excluding carboxylic acids is 1. The number of carbonyl (C=O) groups is 1. The molecule has 1 saturated carbocycles. The van der Waals surface area contributed by atoms with Crippen molar-refractivity contribution in [2.45, 2.75) is 64.8 Å². The summed E-state index contributed by atoms with van der Waals surface area (Å²) in [5.74, 6) is 0.879. The van der Waals surface area contributed by atoms with Gasteiger partial charge in [0.1, 0.15) is 0 Å². The van der Waals surface area contributed by atoms with E-state index in [0.29, 0.717) is 18.4 Å². The SMILES string of the molecule is CCN(CC)CCCNC(=O)CCC1CCCC(N)C1. The molecule has 118 valence electrons. The minimum absolute atomic E-state index is 0.212. The fraction of sp³-hybridized carbons (Fsp3) is 0.938. The summed E-state index contributed by atoms with van der Waals surface area (Å²) in [5, 5.41) is 3.04. The van der Waals surface area contributed by atoms with E-state index in [4.69, 9.17) is 5.73 Å². The normalized spacial score (nSPS) is 23.0. The summed E-state index contributed by atoms with van der Waals surface area (Å²) in [4.78, 5) is 14.2. The van der Waals surface area contributed by atoms with Gasteiger partial charge in [0.2, 0.25) is 5.91 Å². The van der Waals surface area contributed by atoms with E-state index in [-0.39, 0.29) is 5.91 Å². The summed E-state index contributed by atoms with van der Waals surface area (Å²) in [5.41, 5.74) is 5.98. The zero-order valence-electron chi connectivity index (χ0n) is 13.4. The number of nitrogens with zero attached hydrogens (tertiary/aromatic N) is 1. The third-order valence-electron chi connectivity index (χ3n) is 4.47. The number of hydrogen-bond donors (Lipinski definition) is 2. The molecule has 1 aliphatic carbocycles. The molecule has 0 spiro atoms. The first-order valence-corrected chi connectivity index (χ1v) is 8.40. The molecule has 20 heavy (non-hydrogen) atoms. The highest BCUT2D eigenvalue weighted by Crippen LogP contribution is 2.26. The minimum atomic E-state index is 0.212. The molecule has 1 rings (SSSR count). The highest BCUT2D eigenvalue weighted by atomic mass is 16.1. The molecule has 4 nitrogen and oxygen atoms in total. The first-order valence-electron chi connectivity index (χ1n) is 8.40. The number of hydrogen-bond acceptors (Lipinski definition) is 3. The molecule has 1 aliphatic rings. The molecule has 2 unspecified atom stereocenters. The second kappa shape index (κ2) is 10.2. The third-order valence-corrected chi connectivity index (χ3v) is 4.47. The molecule has 0 bridgehead atoms. The van der Waals surface area contributed by atoms with E-state index in [1.54, 1.807) is 0 Å². The lowest BCUT2D eigenvalue weighted by Crippen LogP contribution is -2.31. The second-order valence-electron chi connectivity index (χ2n) is 6.06. The van der Waals surface area contributed by atoms with Gasteiger partial charge in [-0.3, -0.25) is 4.79 Å². The molecular formula is C16H33N3O. The average molecular weight is 283 g/mol. The maximum absolute atomic E-state index is 11.8. The predicted octanol–water partition coefficient (Wildman–Crippen LogP) is 2.13. The van der Waals surface area contributed by atoms with Gasteiger partial charge in [-0.2, -0.15) is 0 Å². The Kier molecular flexibility index (Phi) is 8.86. The van der Waals surface area contributed by atoms with Crippen LogP contribution in [0.5, 0.6) is 0 Å². The Bertz CT molecular complexity index is 266. The first kappa shape index (κ1) is 17.4. The fourth-order valence-electron chi connectivity index (χ4n) is 3.09. The summed E-state index contributed by atoms with van der Waals surface area (Å²) < 4.78 is 0. The van der Waals surface area contributed by atoms with Crippen LogP contribution in [0.25, 0.3) is 0 Å². The molecule has 0 aromatic heterocycles. The molecular weight excluding hydrogens is 250 g/mol. The Morgan fingerprint density at radius 3 is 2.70 bits per heavy atom. The van der Waals surface area contributed by atoms with Gasteiger partial charge in [-0.25, -0.2) is 0 Å². The van der Waals surface area contributed by atoms with Crippen LogP contribution in [0.4, 0.5) is 0 Å². The van der Waals surface area contributed by atoms with E-state index >= 15 is 0 Å². The number of nitrogens with two attached hydrogens (primary N) is 1. The van der Waals surface area contributed by atoms with Gasteiger partial charge in [-0.1, -0.05) is 26.7 Å². The van der Waals surface area contributed by atoms with Crippen molar-refractivity contribution in [3.8, 4) is 0 Å². The van der Waals surface area contributed by atoms with Gasteiger partial charge < -0.3 is 16.0 Å². The molecule has 2 atom stereocenters. The van der Waals surface area contributed by atoms with Crippen molar-refractivity contribution in [1.29, 1.82) is 0 Å². The minimum Gasteiger partial charge on any atom is -0.356 e. The van der Waals surface area contributed by atoms with Crippen molar-refractivity contribution < 1.29 is 4.79 Å². The van der Waals surface area contributed by atoms with Crippen LogP contribution in [0.3, 0.4) is 0 Å². The number of amides is 1. The van der Waals surface area contributed by atoms with Crippen LogP contribution >= 0.6 is 0 Å². The molecule has 1 fully saturated rings. The highest BCUT2D eigenvalue weighted by molar-refractivity contribution is 5.75. The maximum Gasteiger partial charge on any atom is 0.220 e. The van der Waals surface area contributed by atoms with Gasteiger partial charge >= 0.3 is 0 Å². The van der Waals surface area contributed by atoms with Crippen LogP contribution in [-0.2, 0) is 4.79 Å². The van der Waals surface area contributed by atoms with Gasteiger partial charge in [-0.05, 0) is 51.2 Å². The monoisotopic (exact) mass is 283 g/mol. The summed E-state index contributed by atoms with van der Waals surface area (Å²) in [7, 11) is 0. The van der Waals surface area contributed by atoms with Gasteiger partial charge in [-0.15, -0.1) is 0 Å². The van der Waals surface area contributed by atoms with Gasteiger partial charge in [0.15, 0.2) is 0 Å². The Labute approximate surface area is 124 Å². The molecule has 0 saturated heterocycles. The predicted molar refractivity (Wildman–Crippen MR) is 84.6 cm³/mol. The molecule has 0 heterocycles. The lowest BCUT2D eigenvalue weighted by molar-refractivity contribution is -0.121. The Morgan fingerprint density at radius 2 is 2.05 bits per heavy atom. The van der Waals surface area contributed by atoms with Crippen molar-refractivity contribution in [2.24, 2.45) is 11.7 Å². The summed E-state index contributed by atoms with van der Waals surface area (Å²) in [6, 6.07) is 0.367. The molecule has 0 aromatic rings. The van der Waals surface area contributed by atoms with Crippen molar-refractivity contribution >= 4 is 5.91 Å². The van der Waals surface area contributed by atoms with Crippen LogP contribution in [0.2, 0.25) is 0 Å². The van der Waals surface area contributed by atoms with E-state index in [1.165, 1.54) is 12.8 Å². The first-order chi connectivity index (χ1) is 9.65. The highest BCUT2D eigenvalue weighted by Gasteiger charge is 2.19. The van der Waals surface area contributed by atoms with Crippen molar-refractivity contribution in [2.75, 3.05) is 26.2 Å². The van der Waals surface area contributed by atoms with Gasteiger partial charge in [0, 0.05) is 19.0 Å². The summed E-state index contributed by atoms with van der Waals surface area (Å²) >= 11 is 0. The van der Waals surface area contributed by atoms with E-state index in [1.807, 2.05) is 0 Å². The van der Waals surface area contributed by atoms with E-state index in [9.17, 15) is 4.79 Å². The van der Waals surface area contributed by atoms with Gasteiger partial charge in [0.25, 0.3) is 0 Å². The third kappa shape index (κ3) is 7.25. The van der Waals surface area contributed by atoms with Crippen LogP contribution < -0.4 is 11.1 Å². The molecule has 0 aliphatic heterocycles. The number of rotatable bonds is 9. The maximum atomic E-state index is 11.8. The van der Waals surface area contributed by atoms with E-state index in [2.05, 4.69) is 24.1 Å². The van der Waals surface area contributed by atoms with Crippen LogP contribution in [0, 0.1) is 5.92 Å². The lowest BCUT2D eigenvalue weighted by atomic mass is 9.83.